The van der Waals surface area contributed by atoms with Crippen LogP contribution >= 0.6 is 23.5 Å². The molecule has 0 aromatic heterocycles. The van der Waals surface area contributed by atoms with E-state index in [2.05, 4.69) is 9.05 Å². The van der Waals surface area contributed by atoms with Crippen LogP contribution in [0.1, 0.15) is 0 Å². The van der Waals surface area contributed by atoms with Crippen LogP contribution in [0.5, 0.6) is 0 Å². The van der Waals surface area contributed by atoms with Gasteiger partial charge in [0.25, 0.3) is 0 Å². The molecule has 0 aliphatic carbocycles. The second-order valence-electron chi connectivity index (χ2n) is 2.72. The Morgan fingerprint density at radius 3 is 1.45 bits per heavy atom. The molecule has 1 unspecified atom stereocenters. The van der Waals surface area contributed by atoms with Gasteiger partial charge in [-0.1, -0.05) is 0 Å². The quantitative estimate of drug-likeness (QED) is 0.231. The van der Waals surface area contributed by atoms with E-state index in [1.54, 1.807) is 0 Å². The summed E-state index contributed by atoms with van der Waals surface area (Å²) in [5, 5.41) is 8.33. The lowest BCUT2D eigenvalue weighted by molar-refractivity contribution is -0.147. The van der Waals surface area contributed by atoms with Gasteiger partial charge in [0.15, 0.2) is 6.10 Å². The minimum atomic E-state index is -5.07. The van der Waals surface area contributed by atoms with E-state index in [0.717, 1.165) is 0 Å². The summed E-state index contributed by atoms with van der Waals surface area (Å²) in [5.74, 6) is -1.83. The zero-order valence-electron chi connectivity index (χ0n) is 9.15. The van der Waals surface area contributed by atoms with Crippen LogP contribution in [0.25, 0.3) is 0 Å². The number of hydrogen-bond donors (Lipinski definition) is 8. The lowest BCUT2D eigenvalue weighted by Crippen LogP contribution is -2.27. The molecule has 122 valence electrons. The maximum Gasteiger partial charge on any atom is 0.470 e. The number of aliphatic carboxylic acids is 1. The van der Waals surface area contributed by atoms with Crippen molar-refractivity contribution >= 4 is 29.4 Å². The third kappa shape index (κ3) is 22.9. The van der Waals surface area contributed by atoms with E-state index < -0.39 is 42.1 Å². The molecule has 0 fully saturated rings. The van der Waals surface area contributed by atoms with Gasteiger partial charge in [-0.2, -0.15) is 0 Å². The van der Waals surface area contributed by atoms with Crippen LogP contribution in [0, 0.1) is 0 Å². The maximum atomic E-state index is 10.3. The highest BCUT2D eigenvalue weighted by Crippen LogP contribution is 2.40. The Balaban J connectivity index is 0. The highest BCUT2D eigenvalue weighted by Gasteiger charge is 2.30. The summed E-state index contributed by atoms with van der Waals surface area (Å²) in [4.78, 5) is 64.7. The Morgan fingerprint density at radius 2 is 1.25 bits per heavy atom. The van der Waals surface area contributed by atoms with Crippen molar-refractivity contribution in [2.24, 2.45) is 0 Å². The van der Waals surface area contributed by atoms with Crippen molar-refractivity contribution in [3.05, 3.63) is 0 Å². The second kappa shape index (κ2) is 8.29. The van der Waals surface area contributed by atoms with E-state index in [4.69, 9.17) is 43.9 Å². The van der Waals surface area contributed by atoms with E-state index in [1.807, 2.05) is 0 Å². The van der Waals surface area contributed by atoms with Crippen LogP contribution in [-0.4, -0.2) is 58.0 Å². The van der Waals surface area contributed by atoms with Crippen molar-refractivity contribution in [1.82, 2.24) is 0 Å². The van der Waals surface area contributed by atoms with Gasteiger partial charge in [0.1, 0.15) is 0 Å². The first kappa shape index (κ1) is 22.1. The number of phosphoric acid groups is 3. The van der Waals surface area contributed by atoms with E-state index in [0.29, 0.717) is 0 Å². The van der Waals surface area contributed by atoms with Crippen molar-refractivity contribution in [3.63, 3.8) is 0 Å². The highest BCUT2D eigenvalue weighted by molar-refractivity contribution is 7.46. The Kier molecular flexibility index (Phi) is 9.16. The molecule has 1 atom stereocenters. The molecule has 0 saturated heterocycles. The van der Waals surface area contributed by atoms with Gasteiger partial charge >= 0.3 is 29.4 Å². The molecule has 8 N–H and O–H groups in total. The summed E-state index contributed by atoms with van der Waals surface area (Å²) < 4.78 is 36.7. The van der Waals surface area contributed by atoms with Gasteiger partial charge in [0.2, 0.25) is 0 Å². The smallest absolute Gasteiger partial charge is 0.470 e. The average Bonchev–Trinajstić information content (AvgIpc) is 2.05. The topological polar surface area (TPSA) is 249 Å². The molecule has 0 aromatic rings. The fraction of sp³-hybridized carbons (Fsp3) is 0.667. The SMILES string of the molecule is O=C(O)C(COP(=O)(O)O)OP(=O)(O)O.O=P(O)(O)O. The number of hydrogen-bond acceptors (Lipinski definition) is 6. The molecule has 17 heteroatoms. The Morgan fingerprint density at radius 1 is 0.900 bits per heavy atom. The Bertz CT molecular complexity index is 428. The number of phosphoric ester groups is 2. The molecular weight excluding hydrogens is 353 g/mol. The van der Waals surface area contributed by atoms with Crippen LogP contribution in [0.4, 0.5) is 0 Å². The largest absolute Gasteiger partial charge is 0.479 e. The first-order chi connectivity index (χ1) is 8.51. The zero-order chi connectivity index (χ0) is 16.8. The Labute approximate surface area is 110 Å². The van der Waals surface area contributed by atoms with Crippen molar-refractivity contribution < 1.29 is 66.9 Å². The van der Waals surface area contributed by atoms with E-state index in [9.17, 15) is 13.9 Å². The summed E-state index contributed by atoms with van der Waals surface area (Å²) in [5.41, 5.74) is 0. The molecule has 0 heterocycles. The van der Waals surface area contributed by atoms with Crippen molar-refractivity contribution in [2.75, 3.05) is 6.61 Å². The minimum Gasteiger partial charge on any atom is -0.479 e. The van der Waals surface area contributed by atoms with E-state index >= 15 is 0 Å². The summed E-state index contributed by atoms with van der Waals surface area (Å²) in [6, 6.07) is 0. The van der Waals surface area contributed by atoms with Gasteiger partial charge in [0.05, 0.1) is 6.61 Å². The number of carboxylic acids is 1. The molecule has 0 radical (unpaired) electrons. The van der Waals surface area contributed by atoms with Gasteiger partial charge < -0.3 is 39.4 Å². The van der Waals surface area contributed by atoms with Gasteiger partial charge in [0, 0.05) is 0 Å². The monoisotopic (exact) mass is 364 g/mol. The number of carboxylic acid groups (broad SMARTS) is 1. The summed E-state index contributed by atoms with van der Waals surface area (Å²) in [6.07, 6.45) is -2.17. The molecule has 0 saturated carbocycles. The average molecular weight is 364 g/mol. The minimum absolute atomic E-state index is 1.19. The summed E-state index contributed by atoms with van der Waals surface area (Å²) in [6.45, 7) is -1.19. The second-order valence-corrected chi connectivity index (χ2v) is 6.18. The van der Waals surface area contributed by atoms with E-state index in [1.165, 1.54) is 0 Å². The molecule has 0 amide bonds. The van der Waals surface area contributed by atoms with Crippen LogP contribution in [-0.2, 0) is 27.5 Å². The molecule has 0 spiro atoms. The number of rotatable bonds is 6. The fourth-order valence-electron chi connectivity index (χ4n) is 0.477. The van der Waals surface area contributed by atoms with Crippen LogP contribution in [0.2, 0.25) is 0 Å². The first-order valence-electron chi connectivity index (χ1n) is 3.96. The van der Waals surface area contributed by atoms with Gasteiger partial charge in [-0.3, -0.25) is 9.05 Å². The molecule has 0 aliphatic rings. The summed E-state index contributed by atoms with van der Waals surface area (Å²) >= 11 is 0. The first-order valence-corrected chi connectivity index (χ1v) is 8.59. The molecule has 0 bridgehead atoms. The molecule has 20 heavy (non-hydrogen) atoms. The lowest BCUT2D eigenvalue weighted by Gasteiger charge is -2.14. The molecule has 0 aliphatic heterocycles. The molecule has 0 aromatic carbocycles. The third-order valence-electron chi connectivity index (χ3n) is 0.934. The van der Waals surface area contributed by atoms with Crippen LogP contribution in [0.3, 0.4) is 0 Å². The van der Waals surface area contributed by atoms with Crippen LogP contribution in [0.15, 0.2) is 0 Å². The van der Waals surface area contributed by atoms with Gasteiger partial charge in [-0.05, 0) is 0 Å². The van der Waals surface area contributed by atoms with Gasteiger partial charge in [-0.15, -0.1) is 0 Å². The lowest BCUT2D eigenvalue weighted by atomic mass is 10.4. The summed E-state index contributed by atoms with van der Waals surface area (Å²) in [7, 11) is -14.6. The number of carbonyl (C=O) groups is 1. The zero-order valence-corrected chi connectivity index (χ0v) is 11.8. The Hall–Kier alpha value is -0.200. The van der Waals surface area contributed by atoms with Crippen molar-refractivity contribution in [3.8, 4) is 0 Å². The highest BCUT2D eigenvalue weighted by atomic mass is 31.2. The third-order valence-corrected chi connectivity index (χ3v) is 1.95. The molecular formula is C3H11O14P3. The van der Waals surface area contributed by atoms with Crippen molar-refractivity contribution in [2.45, 2.75) is 6.10 Å². The predicted molar refractivity (Wildman–Crippen MR) is 56.8 cm³/mol. The van der Waals surface area contributed by atoms with Gasteiger partial charge in [-0.25, -0.2) is 18.5 Å². The fourth-order valence-corrected chi connectivity index (χ4v) is 1.29. The maximum absolute atomic E-state index is 10.3. The molecule has 0 rings (SSSR count). The van der Waals surface area contributed by atoms with Crippen molar-refractivity contribution in [1.29, 1.82) is 0 Å². The van der Waals surface area contributed by atoms with E-state index in [-0.39, 0.29) is 0 Å². The predicted octanol–water partition coefficient (Wildman–Crippen LogP) is -2.27. The standard InChI is InChI=1S/C3H8O10P2.H3O4P/c4-3(5)2(13-15(9,10)11)1-12-14(6,7)8;1-5(2,3)4/h2H,1H2,(H,4,5)(H2,6,7,8)(H2,9,10,11);(H3,1,2,3,4). The molecule has 14 nitrogen and oxygen atoms in total. The van der Waals surface area contributed by atoms with Crippen LogP contribution < -0.4 is 0 Å². The normalized spacial score (nSPS) is 14.2.